The zero-order valence-electron chi connectivity index (χ0n) is 16.1. The fourth-order valence-electron chi connectivity index (χ4n) is 3.28. The van der Waals surface area contributed by atoms with Crippen LogP contribution in [0.1, 0.15) is 16.8 Å². The van der Waals surface area contributed by atoms with Crippen LogP contribution in [0.4, 0.5) is 0 Å². The fraction of sp³-hybridized carbons (Fsp3) is 0.130. The molecule has 4 aromatic rings. The van der Waals surface area contributed by atoms with Gasteiger partial charge in [-0.15, -0.1) is 0 Å². The molecule has 0 amide bonds. The van der Waals surface area contributed by atoms with Crippen molar-refractivity contribution in [2.45, 2.75) is 25.3 Å². The summed E-state index contributed by atoms with van der Waals surface area (Å²) in [5.74, 6) is 0.660. The van der Waals surface area contributed by atoms with Gasteiger partial charge < -0.3 is 4.74 Å². The molecule has 1 heterocycles. The lowest BCUT2D eigenvalue weighted by molar-refractivity contribution is 0.298. The van der Waals surface area contributed by atoms with Crippen LogP contribution in [0.15, 0.2) is 82.2 Å². The van der Waals surface area contributed by atoms with Gasteiger partial charge in [-0.25, -0.2) is 12.4 Å². The highest BCUT2D eigenvalue weighted by atomic mass is 79.9. The summed E-state index contributed by atoms with van der Waals surface area (Å²) in [6, 6.07) is 22.0. The fourth-order valence-corrected chi connectivity index (χ4v) is 5.21. The first-order valence-electron chi connectivity index (χ1n) is 9.17. The number of hydrogen-bond acceptors (Lipinski definition) is 3. The van der Waals surface area contributed by atoms with Gasteiger partial charge in [0.2, 0.25) is 0 Å². The summed E-state index contributed by atoms with van der Waals surface area (Å²) in [7, 11) is -3.77. The lowest BCUT2D eigenvalue weighted by Crippen LogP contribution is -2.17. The van der Waals surface area contributed by atoms with Crippen LogP contribution in [0, 0.1) is 13.8 Å². The normalized spacial score (nSPS) is 11.7. The molecule has 148 valence electrons. The minimum Gasteiger partial charge on any atom is -0.486 e. The van der Waals surface area contributed by atoms with Gasteiger partial charge in [-0.3, -0.25) is 0 Å². The molecule has 6 heteroatoms. The van der Waals surface area contributed by atoms with Gasteiger partial charge in [0.1, 0.15) is 12.4 Å². The van der Waals surface area contributed by atoms with Crippen LogP contribution in [-0.2, 0) is 16.6 Å². The molecule has 0 saturated carbocycles. The summed E-state index contributed by atoms with van der Waals surface area (Å²) in [6.07, 6.45) is 0. The van der Waals surface area contributed by atoms with Gasteiger partial charge in [0.05, 0.1) is 20.6 Å². The average Bonchev–Trinajstić information content (AvgIpc) is 3.06. The molecular weight excluding hydrogens is 450 g/mol. The van der Waals surface area contributed by atoms with E-state index in [0.29, 0.717) is 17.0 Å². The molecule has 4 nitrogen and oxygen atoms in total. The highest BCUT2D eigenvalue weighted by molar-refractivity contribution is 9.10. The van der Waals surface area contributed by atoms with Crippen LogP contribution in [-0.4, -0.2) is 12.4 Å². The van der Waals surface area contributed by atoms with E-state index in [1.165, 1.54) is 3.97 Å². The minimum atomic E-state index is -3.77. The number of aromatic nitrogens is 1. The van der Waals surface area contributed by atoms with E-state index >= 15 is 0 Å². The molecule has 0 bridgehead atoms. The standard InChI is InChI=1S/C23H20BrNO3S/c1-16-7-10-20(11-8-16)29(26,27)25-19(14-18-13-17(2)9-12-22(18)25)15-28-23-6-4-3-5-21(23)24/h3-14H,15H2,1-2H3. The molecule has 0 aliphatic rings. The molecule has 0 atom stereocenters. The van der Waals surface area contributed by atoms with E-state index in [0.717, 1.165) is 21.0 Å². The van der Waals surface area contributed by atoms with Gasteiger partial charge in [-0.1, -0.05) is 41.5 Å². The van der Waals surface area contributed by atoms with E-state index in [-0.39, 0.29) is 11.5 Å². The van der Waals surface area contributed by atoms with Gasteiger partial charge in [-0.2, -0.15) is 0 Å². The maximum atomic E-state index is 13.5. The van der Waals surface area contributed by atoms with Crippen LogP contribution in [0.25, 0.3) is 10.9 Å². The SMILES string of the molecule is Cc1ccc(S(=O)(=O)n2c(COc3ccccc3Br)cc3cc(C)ccc32)cc1. The van der Waals surface area contributed by atoms with Gasteiger partial charge in [-0.05, 0) is 72.2 Å². The Hall–Kier alpha value is -2.57. The van der Waals surface area contributed by atoms with Crippen LogP contribution in [0.2, 0.25) is 0 Å². The van der Waals surface area contributed by atoms with E-state index in [9.17, 15) is 8.42 Å². The maximum absolute atomic E-state index is 13.5. The zero-order valence-corrected chi connectivity index (χ0v) is 18.5. The first-order valence-corrected chi connectivity index (χ1v) is 11.4. The largest absolute Gasteiger partial charge is 0.486 e. The molecule has 0 unspecified atom stereocenters. The molecule has 0 spiro atoms. The van der Waals surface area contributed by atoms with E-state index in [4.69, 9.17) is 4.74 Å². The van der Waals surface area contributed by atoms with E-state index in [1.807, 2.05) is 62.4 Å². The predicted molar refractivity (Wildman–Crippen MR) is 119 cm³/mol. The molecule has 29 heavy (non-hydrogen) atoms. The molecule has 3 aromatic carbocycles. The third-order valence-electron chi connectivity index (χ3n) is 4.76. The van der Waals surface area contributed by atoms with E-state index in [1.54, 1.807) is 24.3 Å². The second-order valence-corrected chi connectivity index (χ2v) is 9.64. The maximum Gasteiger partial charge on any atom is 0.268 e. The van der Waals surface area contributed by atoms with Crippen molar-refractivity contribution in [3.05, 3.63) is 94.1 Å². The first kappa shape index (κ1) is 19.7. The second kappa shape index (κ2) is 7.69. The van der Waals surface area contributed by atoms with Crippen LogP contribution in [0.5, 0.6) is 5.75 Å². The highest BCUT2D eigenvalue weighted by Crippen LogP contribution is 2.29. The Morgan fingerprint density at radius 1 is 0.897 bits per heavy atom. The predicted octanol–water partition coefficient (Wildman–Crippen LogP) is 5.84. The summed E-state index contributed by atoms with van der Waals surface area (Å²) >= 11 is 3.47. The topological polar surface area (TPSA) is 48.3 Å². The molecule has 0 saturated heterocycles. The number of nitrogens with zero attached hydrogens (tertiary/aromatic N) is 1. The van der Waals surface area contributed by atoms with Crippen LogP contribution >= 0.6 is 15.9 Å². The Morgan fingerprint density at radius 3 is 2.31 bits per heavy atom. The quantitative estimate of drug-likeness (QED) is 0.369. The van der Waals surface area contributed by atoms with Crippen molar-refractivity contribution in [2.24, 2.45) is 0 Å². The van der Waals surface area contributed by atoms with Crippen LogP contribution in [0.3, 0.4) is 0 Å². The van der Waals surface area contributed by atoms with Crippen LogP contribution < -0.4 is 4.74 Å². The smallest absolute Gasteiger partial charge is 0.268 e. The van der Waals surface area contributed by atoms with Gasteiger partial charge in [0.25, 0.3) is 10.0 Å². The van der Waals surface area contributed by atoms with Gasteiger partial charge >= 0.3 is 0 Å². The number of hydrogen-bond donors (Lipinski definition) is 0. The lowest BCUT2D eigenvalue weighted by atomic mass is 10.2. The average molecular weight is 470 g/mol. The molecule has 0 aliphatic heterocycles. The summed E-state index contributed by atoms with van der Waals surface area (Å²) in [4.78, 5) is 0.253. The molecule has 0 radical (unpaired) electrons. The third kappa shape index (κ3) is 3.82. The Bertz CT molecular complexity index is 1290. The van der Waals surface area contributed by atoms with Crippen molar-refractivity contribution < 1.29 is 13.2 Å². The van der Waals surface area contributed by atoms with Crippen molar-refractivity contribution in [1.29, 1.82) is 0 Å². The summed E-state index contributed by atoms with van der Waals surface area (Å²) in [6.45, 7) is 4.05. The number of para-hydroxylation sites is 1. The number of rotatable bonds is 5. The summed E-state index contributed by atoms with van der Waals surface area (Å²) in [5.41, 5.74) is 3.29. The number of halogens is 1. The Labute approximate surface area is 178 Å². The summed E-state index contributed by atoms with van der Waals surface area (Å²) < 4.78 is 35.2. The Balaban J connectivity index is 1.84. The van der Waals surface area contributed by atoms with Crippen molar-refractivity contribution >= 4 is 36.9 Å². The molecule has 0 N–H and O–H groups in total. The highest BCUT2D eigenvalue weighted by Gasteiger charge is 2.23. The van der Waals surface area contributed by atoms with Crippen molar-refractivity contribution in [2.75, 3.05) is 0 Å². The van der Waals surface area contributed by atoms with E-state index < -0.39 is 10.0 Å². The number of fused-ring (bicyclic) bond motifs is 1. The number of ether oxygens (including phenoxy) is 1. The minimum absolute atomic E-state index is 0.126. The van der Waals surface area contributed by atoms with E-state index in [2.05, 4.69) is 15.9 Å². The Kier molecular flexibility index (Phi) is 5.23. The molecule has 4 rings (SSSR count). The third-order valence-corrected chi connectivity index (χ3v) is 7.19. The first-order chi connectivity index (χ1) is 13.9. The van der Waals surface area contributed by atoms with Gasteiger partial charge in [0.15, 0.2) is 0 Å². The molecule has 0 aliphatic carbocycles. The molecular formula is C23H20BrNO3S. The van der Waals surface area contributed by atoms with Crippen molar-refractivity contribution in [3.63, 3.8) is 0 Å². The zero-order chi connectivity index (χ0) is 20.6. The number of benzene rings is 3. The molecule has 1 aromatic heterocycles. The lowest BCUT2D eigenvalue weighted by Gasteiger charge is -2.14. The Morgan fingerprint density at radius 2 is 1.59 bits per heavy atom. The van der Waals surface area contributed by atoms with Gasteiger partial charge in [0, 0.05) is 5.39 Å². The number of aryl methyl sites for hydroxylation is 2. The summed E-state index contributed by atoms with van der Waals surface area (Å²) in [5, 5.41) is 0.867. The monoisotopic (exact) mass is 469 g/mol. The van der Waals surface area contributed by atoms with Crippen molar-refractivity contribution in [1.82, 2.24) is 3.97 Å². The van der Waals surface area contributed by atoms with Crippen molar-refractivity contribution in [3.8, 4) is 5.75 Å². The molecule has 0 fully saturated rings. The second-order valence-electron chi connectivity index (χ2n) is 7.00.